The highest BCUT2D eigenvalue weighted by Crippen LogP contribution is 2.28. The Morgan fingerprint density at radius 3 is 2.53 bits per heavy atom. The van der Waals surface area contributed by atoms with Gasteiger partial charge >= 0.3 is 0 Å². The number of rotatable bonds is 3. The summed E-state index contributed by atoms with van der Waals surface area (Å²) in [6.07, 6.45) is 4.43. The highest BCUT2D eigenvalue weighted by Gasteiger charge is 2.21. The van der Waals surface area contributed by atoms with Crippen molar-refractivity contribution in [2.24, 2.45) is 0 Å². The summed E-state index contributed by atoms with van der Waals surface area (Å²) in [6, 6.07) is 5.77. The van der Waals surface area contributed by atoms with Gasteiger partial charge in [-0.15, -0.1) is 0 Å². The van der Waals surface area contributed by atoms with Gasteiger partial charge in [-0.1, -0.05) is 6.92 Å². The Bertz CT molecular complexity index is 586. The van der Waals surface area contributed by atoms with Crippen LogP contribution >= 0.6 is 0 Å². The molecule has 0 saturated carbocycles. The topological polar surface area (TPSA) is 25.8 Å². The van der Waals surface area contributed by atoms with Crippen molar-refractivity contribution in [3.63, 3.8) is 0 Å². The van der Waals surface area contributed by atoms with Crippen LogP contribution in [0.25, 0.3) is 11.1 Å². The van der Waals surface area contributed by atoms with Crippen molar-refractivity contribution in [2.45, 2.75) is 39.8 Å². The summed E-state index contributed by atoms with van der Waals surface area (Å²) in [7, 11) is 0. The van der Waals surface area contributed by atoms with Crippen LogP contribution in [0.4, 0.5) is 4.39 Å². The van der Waals surface area contributed by atoms with Crippen LogP contribution < -0.4 is 0 Å². The average molecular weight is 258 g/mol. The van der Waals surface area contributed by atoms with E-state index in [0.717, 1.165) is 28.8 Å². The third-order valence-corrected chi connectivity index (χ3v) is 3.21. The smallest absolute Gasteiger partial charge is 0.147 e. The summed E-state index contributed by atoms with van der Waals surface area (Å²) in [5, 5.41) is 0. The number of hydrogen-bond acceptors (Lipinski definition) is 2. The third-order valence-electron chi connectivity index (χ3n) is 3.21. The molecule has 2 aromatic heterocycles. The van der Waals surface area contributed by atoms with E-state index in [1.807, 2.05) is 12.3 Å². The quantitative estimate of drug-likeness (QED) is 0.823. The molecule has 0 aliphatic heterocycles. The SMILES string of the molecule is CCc1cc(C)c(-c2ccnc(C(C)(C)F)c2)cn1. The molecule has 0 N–H and O–H groups in total. The largest absolute Gasteiger partial charge is 0.261 e. The summed E-state index contributed by atoms with van der Waals surface area (Å²) in [4.78, 5) is 8.52. The van der Waals surface area contributed by atoms with E-state index in [2.05, 4.69) is 29.9 Å². The molecular weight excluding hydrogens is 239 g/mol. The van der Waals surface area contributed by atoms with Gasteiger partial charge in [-0.05, 0) is 56.5 Å². The van der Waals surface area contributed by atoms with Gasteiger partial charge in [0.2, 0.25) is 0 Å². The molecule has 19 heavy (non-hydrogen) atoms. The molecule has 0 aliphatic carbocycles. The molecule has 0 spiro atoms. The maximum atomic E-state index is 14.0. The van der Waals surface area contributed by atoms with Crippen LogP contribution in [0.3, 0.4) is 0 Å². The first-order chi connectivity index (χ1) is 8.91. The lowest BCUT2D eigenvalue weighted by Gasteiger charge is -2.15. The van der Waals surface area contributed by atoms with Gasteiger partial charge in [-0.25, -0.2) is 4.39 Å². The van der Waals surface area contributed by atoms with Crippen molar-refractivity contribution in [1.82, 2.24) is 9.97 Å². The van der Waals surface area contributed by atoms with Crippen molar-refractivity contribution in [3.8, 4) is 11.1 Å². The molecule has 0 fully saturated rings. The summed E-state index contributed by atoms with van der Waals surface area (Å²) in [6.45, 7) is 7.17. The summed E-state index contributed by atoms with van der Waals surface area (Å²) in [5.74, 6) is 0. The fourth-order valence-corrected chi connectivity index (χ4v) is 2.03. The number of nitrogens with zero attached hydrogens (tertiary/aromatic N) is 2. The van der Waals surface area contributed by atoms with Crippen LogP contribution in [0.5, 0.6) is 0 Å². The molecule has 2 rings (SSSR count). The van der Waals surface area contributed by atoms with Gasteiger partial charge in [-0.3, -0.25) is 9.97 Å². The van der Waals surface area contributed by atoms with Crippen molar-refractivity contribution in [3.05, 3.63) is 47.5 Å². The molecule has 0 saturated heterocycles. The highest BCUT2D eigenvalue weighted by atomic mass is 19.1. The van der Waals surface area contributed by atoms with Crippen molar-refractivity contribution in [2.75, 3.05) is 0 Å². The first-order valence-electron chi connectivity index (χ1n) is 6.53. The van der Waals surface area contributed by atoms with Gasteiger partial charge in [0.05, 0.1) is 5.69 Å². The first kappa shape index (κ1) is 13.7. The van der Waals surface area contributed by atoms with Crippen LogP contribution in [0.2, 0.25) is 0 Å². The Hall–Kier alpha value is -1.77. The molecule has 0 radical (unpaired) electrons. The normalized spacial score (nSPS) is 11.6. The van der Waals surface area contributed by atoms with E-state index in [1.165, 1.54) is 13.8 Å². The minimum Gasteiger partial charge on any atom is -0.261 e. The minimum atomic E-state index is -1.43. The van der Waals surface area contributed by atoms with Crippen molar-refractivity contribution in [1.29, 1.82) is 0 Å². The molecule has 0 aliphatic rings. The van der Waals surface area contributed by atoms with Gasteiger partial charge in [0.25, 0.3) is 0 Å². The number of alkyl halides is 1. The minimum absolute atomic E-state index is 0.448. The molecule has 2 nitrogen and oxygen atoms in total. The zero-order chi connectivity index (χ0) is 14.0. The molecule has 3 heteroatoms. The third kappa shape index (κ3) is 2.98. The lowest BCUT2D eigenvalue weighted by Crippen LogP contribution is -2.11. The van der Waals surface area contributed by atoms with Crippen LogP contribution in [0.1, 0.15) is 37.7 Å². The Morgan fingerprint density at radius 2 is 1.95 bits per heavy atom. The van der Waals surface area contributed by atoms with E-state index in [0.29, 0.717) is 5.69 Å². The lowest BCUT2D eigenvalue weighted by atomic mass is 9.99. The standard InChI is InChI=1S/C16H19FN2/c1-5-13-8-11(2)14(10-19-13)12-6-7-18-15(9-12)16(3,4)17/h6-10H,5H2,1-4H3. The second-order valence-corrected chi connectivity index (χ2v) is 5.25. The summed E-state index contributed by atoms with van der Waals surface area (Å²) >= 11 is 0. The lowest BCUT2D eigenvalue weighted by molar-refractivity contribution is 0.214. The Balaban J connectivity index is 2.48. The predicted octanol–water partition coefficient (Wildman–Crippen LogP) is 4.22. The molecule has 100 valence electrons. The van der Waals surface area contributed by atoms with Crippen LogP contribution in [-0.4, -0.2) is 9.97 Å². The fraction of sp³-hybridized carbons (Fsp3) is 0.375. The van der Waals surface area contributed by atoms with Gasteiger partial charge < -0.3 is 0 Å². The molecule has 0 atom stereocenters. The van der Waals surface area contributed by atoms with E-state index in [4.69, 9.17) is 0 Å². The second kappa shape index (κ2) is 5.08. The molecule has 2 aromatic rings. The Kier molecular flexibility index (Phi) is 3.65. The predicted molar refractivity (Wildman–Crippen MR) is 75.7 cm³/mol. The maximum absolute atomic E-state index is 14.0. The van der Waals surface area contributed by atoms with E-state index in [9.17, 15) is 4.39 Å². The fourth-order valence-electron chi connectivity index (χ4n) is 2.03. The summed E-state index contributed by atoms with van der Waals surface area (Å²) < 4.78 is 14.0. The number of pyridine rings is 2. The van der Waals surface area contributed by atoms with Crippen molar-refractivity contribution >= 4 is 0 Å². The van der Waals surface area contributed by atoms with Gasteiger partial charge in [0, 0.05) is 23.7 Å². The number of aromatic nitrogens is 2. The van der Waals surface area contributed by atoms with Crippen LogP contribution in [-0.2, 0) is 12.1 Å². The Labute approximate surface area is 113 Å². The zero-order valence-electron chi connectivity index (χ0n) is 11.9. The number of aryl methyl sites for hydroxylation is 2. The number of halogens is 1. The molecule has 2 heterocycles. The molecule has 0 bridgehead atoms. The molecule has 0 aromatic carbocycles. The van der Waals surface area contributed by atoms with Crippen molar-refractivity contribution < 1.29 is 4.39 Å². The second-order valence-electron chi connectivity index (χ2n) is 5.25. The van der Waals surface area contributed by atoms with Crippen LogP contribution in [0.15, 0.2) is 30.6 Å². The maximum Gasteiger partial charge on any atom is 0.147 e. The van der Waals surface area contributed by atoms with E-state index >= 15 is 0 Å². The Morgan fingerprint density at radius 1 is 1.21 bits per heavy atom. The summed E-state index contributed by atoms with van der Waals surface area (Å²) in [5.41, 5.74) is 3.24. The highest BCUT2D eigenvalue weighted by molar-refractivity contribution is 5.66. The van der Waals surface area contributed by atoms with E-state index < -0.39 is 5.67 Å². The zero-order valence-corrected chi connectivity index (χ0v) is 11.9. The first-order valence-corrected chi connectivity index (χ1v) is 6.53. The molecule has 0 amide bonds. The average Bonchev–Trinajstić information content (AvgIpc) is 2.37. The molecule has 0 unspecified atom stereocenters. The number of hydrogen-bond donors (Lipinski definition) is 0. The van der Waals surface area contributed by atoms with E-state index in [1.54, 1.807) is 12.3 Å². The van der Waals surface area contributed by atoms with Crippen LogP contribution in [0, 0.1) is 6.92 Å². The van der Waals surface area contributed by atoms with Gasteiger partial charge in [0.15, 0.2) is 0 Å². The van der Waals surface area contributed by atoms with Gasteiger partial charge in [0.1, 0.15) is 5.67 Å². The molecular formula is C16H19FN2. The van der Waals surface area contributed by atoms with Gasteiger partial charge in [-0.2, -0.15) is 0 Å². The monoisotopic (exact) mass is 258 g/mol. The van der Waals surface area contributed by atoms with E-state index in [-0.39, 0.29) is 0 Å².